The van der Waals surface area contributed by atoms with Crippen molar-refractivity contribution in [2.75, 3.05) is 6.54 Å². The summed E-state index contributed by atoms with van der Waals surface area (Å²) in [5.41, 5.74) is 0. The second-order valence-corrected chi connectivity index (χ2v) is 3.66. The Labute approximate surface area is 88.4 Å². The van der Waals surface area contributed by atoms with Crippen LogP contribution in [-0.2, 0) is 4.79 Å². The number of carbonyl (C=O) groups is 1. The quantitative estimate of drug-likeness (QED) is 0.801. The summed E-state index contributed by atoms with van der Waals surface area (Å²) >= 11 is 1.40. The molecule has 0 aliphatic heterocycles. The van der Waals surface area contributed by atoms with E-state index >= 15 is 0 Å². The standard InChI is InChI=1S/C9H8F3NOS/c10-9(11,12)6-13-8(14)4-3-7-2-1-5-15-7/h1-5H,6H2,(H,13,14)/b4-3+. The molecule has 0 saturated carbocycles. The number of halogens is 3. The molecule has 1 rings (SSSR count). The molecular formula is C9H8F3NOS. The summed E-state index contributed by atoms with van der Waals surface area (Å²) in [5, 5.41) is 3.55. The Kier molecular flexibility index (Phi) is 3.90. The van der Waals surface area contributed by atoms with Crippen LogP contribution in [0.4, 0.5) is 13.2 Å². The lowest BCUT2D eigenvalue weighted by Crippen LogP contribution is -2.32. The molecule has 6 heteroatoms. The maximum Gasteiger partial charge on any atom is 0.405 e. The van der Waals surface area contributed by atoms with E-state index in [1.807, 2.05) is 5.38 Å². The van der Waals surface area contributed by atoms with E-state index < -0.39 is 18.6 Å². The summed E-state index contributed by atoms with van der Waals surface area (Å²) in [6.45, 7) is -1.30. The van der Waals surface area contributed by atoms with E-state index in [-0.39, 0.29) is 0 Å². The molecule has 1 amide bonds. The fraction of sp³-hybridized carbons (Fsp3) is 0.222. The van der Waals surface area contributed by atoms with Gasteiger partial charge in [-0.1, -0.05) is 6.07 Å². The van der Waals surface area contributed by atoms with Crippen molar-refractivity contribution in [3.63, 3.8) is 0 Å². The fourth-order valence-corrected chi connectivity index (χ4v) is 1.41. The molecule has 1 aromatic heterocycles. The number of hydrogen-bond acceptors (Lipinski definition) is 2. The maximum atomic E-state index is 11.7. The molecule has 0 fully saturated rings. The molecule has 0 saturated heterocycles. The summed E-state index contributed by atoms with van der Waals surface area (Å²) in [5.74, 6) is -0.749. The SMILES string of the molecule is O=C(/C=C/c1cccs1)NCC(F)(F)F. The van der Waals surface area contributed by atoms with Gasteiger partial charge in [0.25, 0.3) is 0 Å². The maximum absolute atomic E-state index is 11.7. The Morgan fingerprint density at radius 2 is 2.27 bits per heavy atom. The van der Waals surface area contributed by atoms with Crippen LogP contribution in [0.5, 0.6) is 0 Å². The molecule has 0 atom stereocenters. The normalized spacial score (nSPS) is 11.9. The zero-order valence-corrected chi connectivity index (χ0v) is 8.36. The Balaban J connectivity index is 2.37. The van der Waals surface area contributed by atoms with E-state index in [1.165, 1.54) is 17.4 Å². The molecule has 1 N–H and O–H groups in total. The van der Waals surface area contributed by atoms with Gasteiger partial charge in [-0.2, -0.15) is 13.2 Å². The molecule has 0 bridgehead atoms. The lowest BCUT2D eigenvalue weighted by atomic mass is 10.4. The van der Waals surface area contributed by atoms with E-state index in [2.05, 4.69) is 0 Å². The summed E-state index contributed by atoms with van der Waals surface area (Å²) in [7, 11) is 0. The second kappa shape index (κ2) is 4.97. The smallest absolute Gasteiger partial charge is 0.343 e. The van der Waals surface area contributed by atoms with Crippen LogP contribution >= 0.6 is 11.3 Å². The van der Waals surface area contributed by atoms with Crippen LogP contribution in [0.3, 0.4) is 0 Å². The van der Waals surface area contributed by atoms with Crippen LogP contribution in [0.1, 0.15) is 4.88 Å². The molecule has 0 aliphatic rings. The second-order valence-electron chi connectivity index (χ2n) is 2.68. The third-order valence-corrected chi connectivity index (χ3v) is 2.24. The Morgan fingerprint density at radius 1 is 1.53 bits per heavy atom. The molecule has 2 nitrogen and oxygen atoms in total. The first-order chi connectivity index (χ1) is 6.97. The number of carbonyl (C=O) groups excluding carboxylic acids is 1. The van der Waals surface area contributed by atoms with E-state index in [1.54, 1.807) is 17.4 Å². The average Bonchev–Trinajstić information content (AvgIpc) is 2.62. The van der Waals surface area contributed by atoms with Crippen molar-refractivity contribution in [3.05, 3.63) is 28.5 Å². The summed E-state index contributed by atoms with van der Waals surface area (Å²) < 4.78 is 35.1. The number of hydrogen-bond donors (Lipinski definition) is 1. The van der Waals surface area contributed by atoms with Crippen molar-refractivity contribution < 1.29 is 18.0 Å². The average molecular weight is 235 g/mol. The van der Waals surface area contributed by atoms with Gasteiger partial charge in [0.15, 0.2) is 0 Å². The first kappa shape index (κ1) is 11.8. The highest BCUT2D eigenvalue weighted by Crippen LogP contribution is 2.12. The number of nitrogens with one attached hydrogen (secondary N) is 1. The van der Waals surface area contributed by atoms with Crippen molar-refractivity contribution >= 4 is 23.3 Å². The summed E-state index contributed by atoms with van der Waals surface area (Å²) in [6, 6.07) is 3.55. The minimum absolute atomic E-state index is 0.749. The Bertz CT molecular complexity index is 343. The van der Waals surface area contributed by atoms with E-state index in [0.717, 1.165) is 11.0 Å². The molecule has 1 heterocycles. The molecule has 0 radical (unpaired) electrons. The first-order valence-electron chi connectivity index (χ1n) is 4.03. The van der Waals surface area contributed by atoms with Gasteiger partial charge in [0.1, 0.15) is 6.54 Å². The molecule has 0 unspecified atom stereocenters. The molecule has 0 aliphatic carbocycles. The fourth-order valence-electron chi connectivity index (χ4n) is 0.790. The van der Waals surface area contributed by atoms with Crippen LogP contribution in [0.25, 0.3) is 6.08 Å². The topological polar surface area (TPSA) is 29.1 Å². The molecule has 1 aromatic rings. The Morgan fingerprint density at radius 3 is 2.80 bits per heavy atom. The molecule has 15 heavy (non-hydrogen) atoms. The predicted molar refractivity (Wildman–Crippen MR) is 52.4 cm³/mol. The highest BCUT2D eigenvalue weighted by atomic mass is 32.1. The lowest BCUT2D eigenvalue weighted by molar-refractivity contribution is -0.135. The van der Waals surface area contributed by atoms with Crippen LogP contribution < -0.4 is 5.32 Å². The zero-order chi connectivity index (χ0) is 11.3. The van der Waals surface area contributed by atoms with Gasteiger partial charge in [0.05, 0.1) is 0 Å². The number of alkyl halides is 3. The van der Waals surface area contributed by atoms with E-state index in [9.17, 15) is 18.0 Å². The van der Waals surface area contributed by atoms with Crippen molar-refractivity contribution in [2.24, 2.45) is 0 Å². The minimum atomic E-state index is -4.37. The monoisotopic (exact) mass is 235 g/mol. The van der Waals surface area contributed by atoms with Crippen molar-refractivity contribution in [3.8, 4) is 0 Å². The minimum Gasteiger partial charge on any atom is -0.343 e. The molecule has 82 valence electrons. The van der Waals surface area contributed by atoms with Gasteiger partial charge in [-0.05, 0) is 17.5 Å². The lowest BCUT2D eigenvalue weighted by Gasteiger charge is -2.05. The highest BCUT2D eigenvalue weighted by Gasteiger charge is 2.27. The zero-order valence-electron chi connectivity index (χ0n) is 7.54. The van der Waals surface area contributed by atoms with Gasteiger partial charge in [0.2, 0.25) is 5.91 Å². The van der Waals surface area contributed by atoms with E-state index in [4.69, 9.17) is 0 Å². The number of amides is 1. The largest absolute Gasteiger partial charge is 0.405 e. The van der Waals surface area contributed by atoms with Crippen LogP contribution in [0.15, 0.2) is 23.6 Å². The first-order valence-corrected chi connectivity index (χ1v) is 4.91. The van der Waals surface area contributed by atoms with Gasteiger partial charge in [-0.15, -0.1) is 11.3 Å². The van der Waals surface area contributed by atoms with Crippen molar-refractivity contribution in [2.45, 2.75) is 6.18 Å². The number of rotatable bonds is 3. The summed E-state index contributed by atoms with van der Waals surface area (Å²) in [6.07, 6.45) is -1.82. The van der Waals surface area contributed by atoms with Gasteiger partial charge in [-0.25, -0.2) is 0 Å². The molecule has 0 aromatic carbocycles. The van der Waals surface area contributed by atoms with Crippen molar-refractivity contribution in [1.29, 1.82) is 0 Å². The van der Waals surface area contributed by atoms with Crippen LogP contribution in [0.2, 0.25) is 0 Å². The van der Waals surface area contributed by atoms with Gasteiger partial charge in [-0.3, -0.25) is 4.79 Å². The number of thiophene rings is 1. The van der Waals surface area contributed by atoms with Gasteiger partial charge >= 0.3 is 6.18 Å². The predicted octanol–water partition coefficient (Wildman–Crippen LogP) is 2.44. The molecular weight excluding hydrogens is 227 g/mol. The van der Waals surface area contributed by atoms with Crippen molar-refractivity contribution in [1.82, 2.24) is 5.32 Å². The molecule has 0 spiro atoms. The third kappa shape index (κ3) is 5.21. The third-order valence-electron chi connectivity index (χ3n) is 1.41. The highest BCUT2D eigenvalue weighted by molar-refractivity contribution is 7.10. The van der Waals surface area contributed by atoms with Crippen LogP contribution in [-0.4, -0.2) is 18.6 Å². The summed E-state index contributed by atoms with van der Waals surface area (Å²) in [4.78, 5) is 11.7. The van der Waals surface area contributed by atoms with Gasteiger partial charge < -0.3 is 5.32 Å². The van der Waals surface area contributed by atoms with Crippen LogP contribution in [0, 0.1) is 0 Å². The van der Waals surface area contributed by atoms with E-state index in [0.29, 0.717) is 0 Å². The Hall–Kier alpha value is -1.30. The van der Waals surface area contributed by atoms with Gasteiger partial charge in [0, 0.05) is 11.0 Å².